The van der Waals surface area contributed by atoms with Crippen LogP contribution in [0.25, 0.3) is 0 Å². The number of nitrogens with two attached hydrogens (primary N) is 1. The van der Waals surface area contributed by atoms with E-state index < -0.39 is 23.3 Å². The van der Waals surface area contributed by atoms with Gasteiger partial charge in [-0.3, -0.25) is 14.4 Å². The first-order chi connectivity index (χ1) is 14.4. The number of aromatic nitrogens is 1. The van der Waals surface area contributed by atoms with Gasteiger partial charge in [0.25, 0.3) is 0 Å². The van der Waals surface area contributed by atoms with E-state index in [4.69, 9.17) is 10.5 Å². The summed E-state index contributed by atoms with van der Waals surface area (Å²) in [6.45, 7) is 2.28. The summed E-state index contributed by atoms with van der Waals surface area (Å²) < 4.78 is 5.05. The fourth-order valence-electron chi connectivity index (χ4n) is 3.69. The number of pyridine rings is 1. The Hall–Kier alpha value is -3.42. The molecule has 1 saturated heterocycles. The van der Waals surface area contributed by atoms with Crippen LogP contribution in [0.4, 0.5) is 5.82 Å². The third kappa shape index (κ3) is 4.76. The first kappa shape index (κ1) is 21.3. The monoisotopic (exact) mass is 410 g/mol. The molecule has 0 bridgehead atoms. The van der Waals surface area contributed by atoms with Gasteiger partial charge in [0.15, 0.2) is 0 Å². The van der Waals surface area contributed by atoms with E-state index in [1.807, 2.05) is 30.3 Å². The number of nitrogens with zero attached hydrogens (tertiary/aromatic N) is 1. The van der Waals surface area contributed by atoms with E-state index in [0.717, 1.165) is 11.1 Å². The number of hydrogen-bond acceptors (Lipinski definition) is 6. The Morgan fingerprint density at radius 3 is 2.67 bits per heavy atom. The number of carbonyl (C=O) groups excluding carboxylic acids is 3. The van der Waals surface area contributed by atoms with Gasteiger partial charge in [-0.2, -0.15) is 0 Å². The zero-order chi connectivity index (χ0) is 21.6. The third-order valence-electron chi connectivity index (χ3n) is 5.22. The van der Waals surface area contributed by atoms with Crippen LogP contribution in [0.15, 0.2) is 48.7 Å². The van der Waals surface area contributed by atoms with Crippen LogP contribution in [0.5, 0.6) is 0 Å². The van der Waals surface area contributed by atoms with Crippen LogP contribution in [0.3, 0.4) is 0 Å². The SMILES string of the molecule is CCOC(=O)C[C@@]1(C(=O)NCCc2ccccc2)NC(=O)[C@@H]1Cc1ccnc(N)c1. The van der Waals surface area contributed by atoms with Crippen LogP contribution in [0.1, 0.15) is 24.5 Å². The average molecular weight is 410 g/mol. The molecule has 2 atom stereocenters. The Morgan fingerprint density at radius 1 is 1.23 bits per heavy atom. The van der Waals surface area contributed by atoms with Crippen molar-refractivity contribution in [1.29, 1.82) is 0 Å². The first-order valence-corrected chi connectivity index (χ1v) is 9.95. The molecule has 2 amide bonds. The zero-order valence-corrected chi connectivity index (χ0v) is 16.9. The summed E-state index contributed by atoms with van der Waals surface area (Å²) in [6, 6.07) is 13.1. The Balaban J connectivity index is 1.75. The van der Waals surface area contributed by atoms with Gasteiger partial charge in [-0.15, -0.1) is 0 Å². The van der Waals surface area contributed by atoms with Crippen molar-refractivity contribution in [2.75, 3.05) is 18.9 Å². The lowest BCUT2D eigenvalue weighted by atomic mass is 9.69. The summed E-state index contributed by atoms with van der Waals surface area (Å²) in [5.41, 5.74) is 6.24. The van der Waals surface area contributed by atoms with Crippen LogP contribution >= 0.6 is 0 Å². The smallest absolute Gasteiger partial charge is 0.308 e. The fourth-order valence-corrected chi connectivity index (χ4v) is 3.69. The highest BCUT2D eigenvalue weighted by atomic mass is 16.5. The number of nitrogen functional groups attached to an aromatic ring is 1. The molecule has 1 aliphatic heterocycles. The number of carbonyl (C=O) groups is 3. The number of nitrogens with one attached hydrogen (secondary N) is 2. The van der Waals surface area contributed by atoms with Crippen molar-refractivity contribution >= 4 is 23.6 Å². The maximum Gasteiger partial charge on any atom is 0.308 e. The summed E-state index contributed by atoms with van der Waals surface area (Å²) in [7, 11) is 0. The normalized spacial score (nSPS) is 20.0. The Morgan fingerprint density at radius 2 is 2.00 bits per heavy atom. The second-order valence-electron chi connectivity index (χ2n) is 7.28. The second kappa shape index (κ2) is 9.39. The molecule has 8 heteroatoms. The first-order valence-electron chi connectivity index (χ1n) is 9.95. The zero-order valence-electron chi connectivity index (χ0n) is 16.9. The van der Waals surface area contributed by atoms with Gasteiger partial charge in [-0.1, -0.05) is 30.3 Å². The molecule has 1 aromatic heterocycles. The van der Waals surface area contributed by atoms with Gasteiger partial charge in [0.1, 0.15) is 11.4 Å². The summed E-state index contributed by atoms with van der Waals surface area (Å²) in [5, 5.41) is 5.55. The van der Waals surface area contributed by atoms with Gasteiger partial charge in [0, 0.05) is 12.7 Å². The molecule has 0 aliphatic carbocycles. The van der Waals surface area contributed by atoms with Crippen molar-refractivity contribution in [3.8, 4) is 0 Å². The Kier molecular flexibility index (Phi) is 6.66. The topological polar surface area (TPSA) is 123 Å². The largest absolute Gasteiger partial charge is 0.466 e. The number of rotatable bonds is 9. The molecule has 2 aromatic rings. The van der Waals surface area contributed by atoms with Crippen molar-refractivity contribution in [1.82, 2.24) is 15.6 Å². The highest BCUT2D eigenvalue weighted by molar-refractivity contribution is 6.05. The molecule has 8 nitrogen and oxygen atoms in total. The summed E-state index contributed by atoms with van der Waals surface area (Å²) in [6.07, 6.45) is 2.23. The minimum absolute atomic E-state index is 0.198. The lowest BCUT2D eigenvalue weighted by Gasteiger charge is -2.47. The van der Waals surface area contributed by atoms with Crippen molar-refractivity contribution in [2.24, 2.45) is 5.92 Å². The average Bonchev–Trinajstić information content (AvgIpc) is 2.72. The molecule has 0 radical (unpaired) electrons. The molecule has 3 rings (SSSR count). The van der Waals surface area contributed by atoms with E-state index >= 15 is 0 Å². The van der Waals surface area contributed by atoms with Gasteiger partial charge in [-0.05, 0) is 43.0 Å². The van der Waals surface area contributed by atoms with Gasteiger partial charge >= 0.3 is 5.97 Å². The standard InChI is InChI=1S/C22H26N4O4/c1-2-30-19(27)14-22(21(29)25-11-8-15-6-4-3-5-7-15)17(20(28)26-22)12-16-9-10-24-18(23)13-16/h3-7,9-10,13,17H,2,8,11-12,14H2,1H3,(H2,23,24)(H,25,29)(H,26,28)/t17-,22+/m0/s1. The molecule has 1 aromatic carbocycles. The van der Waals surface area contributed by atoms with E-state index in [0.29, 0.717) is 18.8 Å². The number of amides is 2. The maximum absolute atomic E-state index is 13.1. The number of hydrogen-bond donors (Lipinski definition) is 3. The van der Waals surface area contributed by atoms with Gasteiger partial charge < -0.3 is 21.1 Å². The van der Waals surface area contributed by atoms with Gasteiger partial charge in [0.05, 0.1) is 18.9 Å². The van der Waals surface area contributed by atoms with Crippen LogP contribution < -0.4 is 16.4 Å². The lowest BCUT2D eigenvalue weighted by Crippen LogP contribution is -2.76. The van der Waals surface area contributed by atoms with Crippen molar-refractivity contribution in [2.45, 2.75) is 31.7 Å². The van der Waals surface area contributed by atoms with Crippen molar-refractivity contribution < 1.29 is 19.1 Å². The predicted molar refractivity (Wildman–Crippen MR) is 111 cm³/mol. The molecule has 4 N–H and O–H groups in total. The van der Waals surface area contributed by atoms with Crippen LogP contribution in [0.2, 0.25) is 0 Å². The predicted octanol–water partition coefficient (Wildman–Crippen LogP) is 1.00. The van der Waals surface area contributed by atoms with Crippen LogP contribution in [0, 0.1) is 5.92 Å². The maximum atomic E-state index is 13.1. The van der Waals surface area contributed by atoms with Crippen molar-refractivity contribution in [3.05, 3.63) is 59.8 Å². The Labute approximate surface area is 175 Å². The quantitative estimate of drug-likeness (QED) is 0.419. The van der Waals surface area contributed by atoms with E-state index in [-0.39, 0.29) is 25.4 Å². The van der Waals surface area contributed by atoms with Crippen LogP contribution in [-0.4, -0.2) is 41.5 Å². The van der Waals surface area contributed by atoms with E-state index in [1.165, 1.54) is 0 Å². The summed E-state index contributed by atoms with van der Waals surface area (Å²) >= 11 is 0. The molecule has 0 spiro atoms. The number of ether oxygens (including phenoxy) is 1. The highest BCUT2D eigenvalue weighted by Gasteiger charge is 2.59. The molecule has 30 heavy (non-hydrogen) atoms. The lowest BCUT2D eigenvalue weighted by molar-refractivity contribution is -0.160. The third-order valence-corrected chi connectivity index (χ3v) is 5.22. The van der Waals surface area contributed by atoms with E-state index in [9.17, 15) is 14.4 Å². The van der Waals surface area contributed by atoms with Crippen LogP contribution in [-0.2, 0) is 32.0 Å². The van der Waals surface area contributed by atoms with E-state index in [2.05, 4.69) is 15.6 Å². The molecular weight excluding hydrogens is 384 g/mol. The number of β-lactam (4-membered cyclic amide) rings is 1. The highest BCUT2D eigenvalue weighted by Crippen LogP contribution is 2.35. The molecule has 0 saturated carbocycles. The molecule has 2 heterocycles. The summed E-state index contributed by atoms with van der Waals surface area (Å²) in [4.78, 5) is 41.7. The number of anilines is 1. The minimum Gasteiger partial charge on any atom is -0.466 e. The molecule has 1 fully saturated rings. The molecular formula is C22H26N4O4. The Bertz CT molecular complexity index is 918. The minimum atomic E-state index is -1.35. The molecule has 1 aliphatic rings. The second-order valence-corrected chi connectivity index (χ2v) is 7.28. The van der Waals surface area contributed by atoms with Gasteiger partial charge in [-0.25, -0.2) is 4.98 Å². The number of esters is 1. The van der Waals surface area contributed by atoms with E-state index in [1.54, 1.807) is 25.3 Å². The molecule has 158 valence electrons. The molecule has 0 unspecified atom stereocenters. The summed E-state index contributed by atoms with van der Waals surface area (Å²) in [5.74, 6) is -1.59. The number of benzene rings is 1. The van der Waals surface area contributed by atoms with Gasteiger partial charge in [0.2, 0.25) is 11.8 Å². The fraction of sp³-hybridized carbons (Fsp3) is 0.364. The van der Waals surface area contributed by atoms with Crippen molar-refractivity contribution in [3.63, 3.8) is 0 Å².